The molecule has 2 amide bonds. The van der Waals surface area contributed by atoms with E-state index in [2.05, 4.69) is 5.32 Å². The number of rotatable bonds is 2. The van der Waals surface area contributed by atoms with Gasteiger partial charge in [0, 0.05) is 19.9 Å². The Hall–Kier alpha value is -0.900. The summed E-state index contributed by atoms with van der Waals surface area (Å²) in [5.74, 6) is -0.654. The molecule has 0 radical (unpaired) electrons. The van der Waals surface area contributed by atoms with E-state index in [4.69, 9.17) is 5.73 Å². The van der Waals surface area contributed by atoms with Crippen molar-refractivity contribution >= 4 is 11.8 Å². The first-order chi connectivity index (χ1) is 4.16. The van der Waals surface area contributed by atoms with Gasteiger partial charge in [0.15, 0.2) is 0 Å². The molecular formula is C5H10N2O2. The summed E-state index contributed by atoms with van der Waals surface area (Å²) in [4.78, 5) is 20.6. The number of amides is 2. The Morgan fingerprint density at radius 3 is 2.44 bits per heavy atom. The predicted octanol–water partition coefficient (Wildman–Crippen LogP) is -1.00. The van der Waals surface area contributed by atoms with Gasteiger partial charge in [-0.3, -0.25) is 14.9 Å². The molecule has 0 spiro atoms. The second-order valence-electron chi connectivity index (χ2n) is 1.64. The second kappa shape index (κ2) is 4.03. The van der Waals surface area contributed by atoms with Crippen molar-refractivity contribution in [3.8, 4) is 0 Å². The zero-order valence-electron chi connectivity index (χ0n) is 5.31. The van der Waals surface area contributed by atoms with E-state index in [0.29, 0.717) is 0 Å². The maximum absolute atomic E-state index is 10.4. The van der Waals surface area contributed by atoms with E-state index in [1.165, 1.54) is 6.92 Å². The summed E-state index contributed by atoms with van der Waals surface area (Å²) >= 11 is 0. The second-order valence-corrected chi connectivity index (χ2v) is 1.64. The number of carbonyl (C=O) groups excluding carboxylic acids is 2. The Morgan fingerprint density at radius 1 is 1.56 bits per heavy atom. The van der Waals surface area contributed by atoms with Crippen molar-refractivity contribution in [3.05, 3.63) is 0 Å². The fraction of sp³-hybridized carbons (Fsp3) is 0.600. The highest BCUT2D eigenvalue weighted by Crippen LogP contribution is 1.72. The van der Waals surface area contributed by atoms with Crippen LogP contribution in [-0.2, 0) is 9.59 Å². The molecule has 0 aromatic rings. The van der Waals surface area contributed by atoms with Gasteiger partial charge in [0.05, 0.1) is 0 Å². The van der Waals surface area contributed by atoms with E-state index in [1.54, 1.807) is 0 Å². The first-order valence-electron chi connectivity index (χ1n) is 2.67. The van der Waals surface area contributed by atoms with Gasteiger partial charge in [0.25, 0.3) is 0 Å². The number of imide groups is 1. The predicted molar refractivity (Wildman–Crippen MR) is 32.5 cm³/mol. The van der Waals surface area contributed by atoms with Crippen LogP contribution in [0.15, 0.2) is 0 Å². The van der Waals surface area contributed by atoms with Crippen LogP contribution in [0.4, 0.5) is 0 Å². The number of nitrogens with two attached hydrogens (primary N) is 1. The molecular weight excluding hydrogens is 120 g/mol. The molecule has 4 nitrogen and oxygen atoms in total. The molecule has 9 heavy (non-hydrogen) atoms. The molecule has 0 bridgehead atoms. The van der Waals surface area contributed by atoms with Gasteiger partial charge in [-0.15, -0.1) is 0 Å². The summed E-state index contributed by atoms with van der Waals surface area (Å²) in [5.41, 5.74) is 5.03. The van der Waals surface area contributed by atoms with Crippen molar-refractivity contribution in [3.63, 3.8) is 0 Å². The van der Waals surface area contributed by atoms with Gasteiger partial charge in [-0.05, 0) is 0 Å². The van der Waals surface area contributed by atoms with E-state index >= 15 is 0 Å². The Labute approximate surface area is 53.4 Å². The van der Waals surface area contributed by atoms with Crippen LogP contribution in [0.25, 0.3) is 0 Å². The van der Waals surface area contributed by atoms with Crippen LogP contribution in [0.3, 0.4) is 0 Å². The van der Waals surface area contributed by atoms with E-state index in [1.807, 2.05) is 0 Å². The van der Waals surface area contributed by atoms with Gasteiger partial charge in [-0.2, -0.15) is 0 Å². The highest BCUT2D eigenvalue weighted by atomic mass is 16.2. The molecule has 0 saturated heterocycles. The van der Waals surface area contributed by atoms with Crippen LogP contribution in [0.5, 0.6) is 0 Å². The van der Waals surface area contributed by atoms with E-state index in [0.717, 1.165) is 0 Å². The third kappa shape index (κ3) is 4.96. The quantitative estimate of drug-likeness (QED) is 0.503. The van der Waals surface area contributed by atoms with Gasteiger partial charge >= 0.3 is 0 Å². The third-order valence-corrected chi connectivity index (χ3v) is 0.687. The number of carbonyl (C=O) groups is 2. The lowest BCUT2D eigenvalue weighted by Crippen LogP contribution is -2.29. The van der Waals surface area contributed by atoms with Crippen molar-refractivity contribution in [1.29, 1.82) is 0 Å². The van der Waals surface area contributed by atoms with Gasteiger partial charge in [-0.25, -0.2) is 0 Å². The van der Waals surface area contributed by atoms with Crippen molar-refractivity contribution in [2.75, 3.05) is 6.54 Å². The Bertz CT molecular complexity index is 122. The van der Waals surface area contributed by atoms with Gasteiger partial charge in [-0.1, -0.05) is 0 Å². The number of nitrogens with one attached hydrogen (secondary N) is 1. The molecule has 4 heteroatoms. The molecule has 0 rings (SSSR count). The summed E-state index contributed by atoms with van der Waals surface area (Å²) in [6.07, 6.45) is 0.208. The van der Waals surface area contributed by atoms with Crippen molar-refractivity contribution < 1.29 is 9.59 Å². The minimum absolute atomic E-state index is 0.208. The highest BCUT2D eigenvalue weighted by molar-refractivity contribution is 5.93. The standard InChI is InChI=1S/C5H10N2O2/c1-4(8)7-5(9)2-3-6/h2-3,6H2,1H3,(H,7,8,9). The van der Waals surface area contributed by atoms with Crippen LogP contribution in [0.2, 0.25) is 0 Å². The molecule has 0 unspecified atom stereocenters. The summed E-state index contributed by atoms with van der Waals surface area (Å²) < 4.78 is 0. The fourth-order valence-electron chi connectivity index (χ4n) is 0.390. The lowest BCUT2D eigenvalue weighted by atomic mass is 10.4. The van der Waals surface area contributed by atoms with Crippen LogP contribution in [0, 0.1) is 0 Å². The summed E-state index contributed by atoms with van der Waals surface area (Å²) in [5, 5.41) is 2.09. The average molecular weight is 130 g/mol. The maximum Gasteiger partial charge on any atom is 0.227 e. The van der Waals surface area contributed by atoms with Gasteiger partial charge < -0.3 is 5.73 Å². The molecule has 3 N–H and O–H groups in total. The largest absolute Gasteiger partial charge is 0.330 e. The number of hydrogen-bond donors (Lipinski definition) is 2. The molecule has 0 atom stereocenters. The summed E-state index contributed by atoms with van der Waals surface area (Å²) in [7, 11) is 0. The van der Waals surface area contributed by atoms with Gasteiger partial charge in [0.2, 0.25) is 11.8 Å². The minimum atomic E-state index is -0.339. The summed E-state index contributed by atoms with van der Waals surface area (Å²) in [6.45, 7) is 1.56. The fourth-order valence-corrected chi connectivity index (χ4v) is 0.390. The molecule has 0 heterocycles. The lowest BCUT2D eigenvalue weighted by Gasteiger charge is -1.95. The summed E-state index contributed by atoms with van der Waals surface area (Å²) in [6, 6.07) is 0. The zero-order valence-corrected chi connectivity index (χ0v) is 5.31. The molecule has 0 aliphatic carbocycles. The topological polar surface area (TPSA) is 72.2 Å². The molecule has 0 aromatic heterocycles. The monoisotopic (exact) mass is 130 g/mol. The van der Waals surface area contributed by atoms with Crippen molar-refractivity contribution in [2.24, 2.45) is 5.73 Å². The normalized spacial score (nSPS) is 8.67. The Morgan fingerprint density at radius 2 is 2.11 bits per heavy atom. The Kier molecular flexibility index (Phi) is 3.62. The van der Waals surface area contributed by atoms with E-state index in [-0.39, 0.29) is 24.8 Å². The molecule has 52 valence electrons. The van der Waals surface area contributed by atoms with Crippen LogP contribution in [0.1, 0.15) is 13.3 Å². The smallest absolute Gasteiger partial charge is 0.227 e. The van der Waals surface area contributed by atoms with Gasteiger partial charge in [0.1, 0.15) is 0 Å². The molecule has 0 aliphatic rings. The van der Waals surface area contributed by atoms with Crippen LogP contribution >= 0.6 is 0 Å². The number of hydrogen-bond acceptors (Lipinski definition) is 3. The minimum Gasteiger partial charge on any atom is -0.330 e. The molecule has 0 saturated carbocycles. The van der Waals surface area contributed by atoms with Crippen LogP contribution in [-0.4, -0.2) is 18.4 Å². The molecule has 0 fully saturated rings. The maximum atomic E-state index is 10.4. The zero-order chi connectivity index (χ0) is 7.28. The van der Waals surface area contributed by atoms with Crippen LogP contribution < -0.4 is 11.1 Å². The first-order valence-corrected chi connectivity index (χ1v) is 2.67. The average Bonchev–Trinajstić information content (AvgIpc) is 1.63. The molecule has 0 aliphatic heterocycles. The SMILES string of the molecule is CC(=O)NC(=O)CCN. The molecule has 0 aromatic carbocycles. The first kappa shape index (κ1) is 8.10. The highest BCUT2D eigenvalue weighted by Gasteiger charge is 1.99. The lowest BCUT2D eigenvalue weighted by molar-refractivity contribution is -0.129. The van der Waals surface area contributed by atoms with E-state index < -0.39 is 0 Å². The van der Waals surface area contributed by atoms with Crippen molar-refractivity contribution in [1.82, 2.24) is 5.32 Å². The van der Waals surface area contributed by atoms with Crippen molar-refractivity contribution in [2.45, 2.75) is 13.3 Å². The third-order valence-electron chi connectivity index (χ3n) is 0.687. The Balaban J connectivity index is 3.39. The van der Waals surface area contributed by atoms with E-state index in [9.17, 15) is 9.59 Å².